The van der Waals surface area contributed by atoms with Crippen LogP contribution in [-0.4, -0.2) is 33.9 Å². The fraction of sp³-hybridized carbons (Fsp3) is 0.0909. The summed E-state index contributed by atoms with van der Waals surface area (Å²) in [6.45, 7) is 2.02. The molecule has 1 aliphatic heterocycles. The van der Waals surface area contributed by atoms with Crippen LogP contribution in [0.25, 0.3) is 22.5 Å². The van der Waals surface area contributed by atoms with Gasteiger partial charge in [-0.25, -0.2) is 9.48 Å². The van der Waals surface area contributed by atoms with Gasteiger partial charge in [-0.1, -0.05) is 53.6 Å². The van der Waals surface area contributed by atoms with Crippen molar-refractivity contribution in [1.82, 2.24) is 9.78 Å². The van der Waals surface area contributed by atoms with E-state index >= 15 is 0 Å². The topological polar surface area (TPSA) is 73.6 Å². The zero-order valence-electron chi connectivity index (χ0n) is 16.1. The van der Waals surface area contributed by atoms with E-state index in [4.69, 9.17) is 16.7 Å². The molecule has 0 N–H and O–H groups in total. The van der Waals surface area contributed by atoms with E-state index in [9.17, 15) is 9.59 Å². The van der Waals surface area contributed by atoms with E-state index in [2.05, 4.69) is 9.73 Å². The summed E-state index contributed by atoms with van der Waals surface area (Å²) < 4.78 is 6.22. The number of amides is 1. The lowest BCUT2D eigenvalue weighted by molar-refractivity contribution is -0.135. The van der Waals surface area contributed by atoms with Crippen molar-refractivity contribution >= 4 is 40.4 Å². The van der Waals surface area contributed by atoms with E-state index in [1.165, 1.54) is 7.11 Å². The number of hydrogen-bond acceptors (Lipinski definition) is 5. The maximum atomic E-state index is 12.3. The minimum Gasteiger partial charge on any atom is -0.466 e. The summed E-state index contributed by atoms with van der Waals surface area (Å²) in [6.07, 6.45) is 1.13. The first-order valence-corrected chi connectivity index (χ1v) is 10.2. The first kappa shape index (κ1) is 20.1. The molecule has 0 spiro atoms. The fourth-order valence-corrected chi connectivity index (χ4v) is 3.84. The van der Waals surface area contributed by atoms with E-state index in [1.807, 2.05) is 49.4 Å². The average molecular weight is 438 g/mol. The average Bonchev–Trinajstić information content (AvgIpc) is 3.33. The lowest BCUT2D eigenvalue weighted by Crippen LogP contribution is -2.09. The number of benzene rings is 2. The Morgan fingerprint density at radius 1 is 1.10 bits per heavy atom. The molecular formula is C22H16ClN3O3S. The number of carbonyl (C=O) groups is 2. The van der Waals surface area contributed by atoms with Crippen LogP contribution < -0.4 is 0 Å². The molecule has 0 unspecified atom stereocenters. The Morgan fingerprint density at radius 2 is 1.77 bits per heavy atom. The van der Waals surface area contributed by atoms with Gasteiger partial charge in [0.2, 0.25) is 0 Å². The van der Waals surface area contributed by atoms with E-state index in [1.54, 1.807) is 16.8 Å². The summed E-state index contributed by atoms with van der Waals surface area (Å²) in [7, 11) is 1.26. The molecule has 0 saturated carbocycles. The molecule has 1 aromatic heterocycles. The van der Waals surface area contributed by atoms with Crippen LogP contribution in [0.2, 0.25) is 5.02 Å². The predicted molar refractivity (Wildman–Crippen MR) is 118 cm³/mol. The van der Waals surface area contributed by atoms with Crippen molar-refractivity contribution in [1.29, 1.82) is 0 Å². The van der Waals surface area contributed by atoms with E-state index < -0.39 is 11.9 Å². The molecule has 30 heavy (non-hydrogen) atoms. The Balaban J connectivity index is 1.80. The Morgan fingerprint density at radius 3 is 2.43 bits per heavy atom. The fourth-order valence-electron chi connectivity index (χ4n) is 2.87. The SMILES string of the molecule is COC(=O)/C=C1\SC(n2nc(-c3ccc(C)cc3)cc2-c2ccc(Cl)cc2)=NC1=O. The van der Waals surface area contributed by atoms with Gasteiger partial charge >= 0.3 is 5.97 Å². The second kappa shape index (κ2) is 8.30. The molecular weight excluding hydrogens is 422 g/mol. The highest BCUT2D eigenvalue weighted by atomic mass is 35.5. The highest BCUT2D eigenvalue weighted by molar-refractivity contribution is 8.18. The van der Waals surface area contributed by atoms with Crippen molar-refractivity contribution in [3.8, 4) is 22.5 Å². The number of ether oxygens (including phenoxy) is 1. The molecule has 150 valence electrons. The van der Waals surface area contributed by atoms with Crippen LogP contribution in [-0.2, 0) is 14.3 Å². The van der Waals surface area contributed by atoms with Gasteiger partial charge in [0.25, 0.3) is 5.91 Å². The zero-order valence-corrected chi connectivity index (χ0v) is 17.7. The van der Waals surface area contributed by atoms with Gasteiger partial charge in [0, 0.05) is 22.2 Å². The third-order valence-electron chi connectivity index (χ3n) is 4.44. The molecule has 4 rings (SSSR count). The Kier molecular flexibility index (Phi) is 5.57. The number of carbonyl (C=O) groups excluding carboxylic acids is 2. The van der Waals surface area contributed by atoms with Crippen LogP contribution in [0.4, 0.5) is 0 Å². The molecule has 0 fully saturated rings. The molecule has 0 saturated heterocycles. The summed E-state index contributed by atoms with van der Waals surface area (Å²) in [5.74, 6) is -1.11. The number of hydrogen-bond donors (Lipinski definition) is 0. The van der Waals surface area contributed by atoms with Crippen LogP contribution in [0.5, 0.6) is 0 Å². The van der Waals surface area contributed by atoms with E-state index in [0.717, 1.165) is 45.9 Å². The lowest BCUT2D eigenvalue weighted by atomic mass is 10.1. The van der Waals surface area contributed by atoms with Gasteiger partial charge in [-0.15, -0.1) is 0 Å². The van der Waals surface area contributed by atoms with Crippen molar-refractivity contribution in [2.75, 3.05) is 7.11 Å². The molecule has 8 heteroatoms. The molecule has 6 nitrogen and oxygen atoms in total. The number of aryl methyl sites for hydroxylation is 1. The Hall–Kier alpha value is -3.16. The largest absolute Gasteiger partial charge is 0.466 e. The first-order valence-electron chi connectivity index (χ1n) is 8.98. The number of aromatic nitrogens is 2. The van der Waals surface area contributed by atoms with Gasteiger partial charge in [0.1, 0.15) is 0 Å². The minimum absolute atomic E-state index is 0.186. The zero-order chi connectivity index (χ0) is 21.3. The first-order chi connectivity index (χ1) is 14.4. The number of esters is 1. The van der Waals surface area contributed by atoms with Crippen LogP contribution in [0.15, 0.2) is 70.6 Å². The Bertz CT molecular complexity index is 1200. The Labute approximate surface area is 182 Å². The standard InChI is InChI=1S/C22H16ClN3O3S/c1-13-3-5-14(6-4-13)17-11-18(15-7-9-16(23)10-8-15)26(25-17)22-24-21(28)19(30-22)12-20(27)29-2/h3-12H,1-2H3/b19-12-. The monoisotopic (exact) mass is 437 g/mol. The molecule has 0 bridgehead atoms. The lowest BCUT2D eigenvalue weighted by Gasteiger charge is -2.06. The molecule has 1 aliphatic rings. The maximum absolute atomic E-state index is 12.3. The van der Waals surface area contributed by atoms with Gasteiger partial charge in [-0.05, 0) is 36.9 Å². The summed E-state index contributed by atoms with van der Waals surface area (Å²) in [6, 6.07) is 17.3. The summed E-state index contributed by atoms with van der Waals surface area (Å²) in [4.78, 5) is 28.1. The second-order valence-electron chi connectivity index (χ2n) is 6.53. The summed E-state index contributed by atoms with van der Waals surface area (Å²) >= 11 is 7.11. The van der Waals surface area contributed by atoms with Crippen LogP contribution >= 0.6 is 23.4 Å². The van der Waals surface area contributed by atoms with Crippen molar-refractivity contribution < 1.29 is 14.3 Å². The highest BCUT2D eigenvalue weighted by Crippen LogP contribution is 2.33. The molecule has 0 aliphatic carbocycles. The number of rotatable bonds is 3. The van der Waals surface area contributed by atoms with Crippen molar-refractivity contribution in [2.24, 2.45) is 4.99 Å². The maximum Gasteiger partial charge on any atom is 0.331 e. The number of thioether (sulfide) groups is 1. The van der Waals surface area contributed by atoms with Crippen LogP contribution in [0, 0.1) is 6.92 Å². The molecule has 2 heterocycles. The molecule has 2 aromatic carbocycles. The molecule has 0 atom stereocenters. The second-order valence-corrected chi connectivity index (χ2v) is 7.98. The molecule has 3 aromatic rings. The normalized spacial score (nSPS) is 14.8. The highest BCUT2D eigenvalue weighted by Gasteiger charge is 2.27. The minimum atomic E-state index is -0.610. The predicted octanol–water partition coefficient (Wildman–Crippen LogP) is 4.71. The quantitative estimate of drug-likeness (QED) is 0.438. The third kappa shape index (κ3) is 4.08. The number of aliphatic imine (C=N–C) groups is 1. The summed E-state index contributed by atoms with van der Waals surface area (Å²) in [5, 5.41) is 5.68. The number of methoxy groups -OCH3 is 1. The van der Waals surface area contributed by atoms with Crippen LogP contribution in [0.3, 0.4) is 0 Å². The van der Waals surface area contributed by atoms with Gasteiger partial charge in [-0.3, -0.25) is 4.79 Å². The van der Waals surface area contributed by atoms with Crippen molar-refractivity contribution in [2.45, 2.75) is 6.92 Å². The number of halogens is 1. The van der Waals surface area contributed by atoms with Gasteiger partial charge in [0.15, 0.2) is 5.17 Å². The van der Waals surface area contributed by atoms with Gasteiger partial charge < -0.3 is 4.74 Å². The number of nitrogens with zero attached hydrogens (tertiary/aromatic N) is 3. The van der Waals surface area contributed by atoms with Crippen molar-refractivity contribution in [3.05, 3.63) is 76.2 Å². The van der Waals surface area contributed by atoms with Crippen molar-refractivity contribution in [3.63, 3.8) is 0 Å². The van der Waals surface area contributed by atoms with E-state index in [0.29, 0.717) is 10.2 Å². The van der Waals surface area contributed by atoms with Gasteiger partial charge in [-0.2, -0.15) is 10.1 Å². The summed E-state index contributed by atoms with van der Waals surface area (Å²) in [5.41, 5.74) is 4.44. The third-order valence-corrected chi connectivity index (χ3v) is 5.65. The van der Waals surface area contributed by atoms with Crippen LogP contribution in [0.1, 0.15) is 5.56 Å². The van der Waals surface area contributed by atoms with E-state index in [-0.39, 0.29) is 4.91 Å². The molecule has 1 amide bonds. The van der Waals surface area contributed by atoms with Gasteiger partial charge in [0.05, 0.1) is 23.4 Å². The smallest absolute Gasteiger partial charge is 0.331 e. The molecule has 0 radical (unpaired) electrons.